The molecule has 0 fully saturated rings. The minimum Gasteiger partial charge on any atom is -0.414 e. The third-order valence-electron chi connectivity index (χ3n) is 6.93. The average Bonchev–Trinajstić information content (AvgIpc) is 2.75. The molecular formula is C24H46O2Si2. The van der Waals surface area contributed by atoms with E-state index < -0.39 is 16.6 Å². The van der Waals surface area contributed by atoms with Crippen LogP contribution in [0.15, 0.2) is 30.3 Å². The zero-order valence-electron chi connectivity index (χ0n) is 19.7. The molecule has 2 atom stereocenters. The second-order valence-corrected chi connectivity index (χ2v) is 17.9. The Hall–Kier alpha value is -0.426. The van der Waals surface area contributed by atoms with Crippen LogP contribution in [0.4, 0.5) is 0 Å². The summed E-state index contributed by atoms with van der Waals surface area (Å²) in [7, 11) is -3.18. The SMILES string of the molecule is CC[Si](CC)(CC)OC(C)C[C@@H](CCc1ccccc1)O[Si](CC)(CC)CC. The Bertz CT molecular complexity index is 496. The molecule has 1 rings (SSSR count). The first-order valence-corrected chi connectivity index (χ1v) is 16.9. The molecule has 1 unspecified atom stereocenters. The second kappa shape index (κ2) is 13.0. The predicted octanol–water partition coefficient (Wildman–Crippen LogP) is 7.81. The van der Waals surface area contributed by atoms with Gasteiger partial charge in [-0.2, -0.15) is 0 Å². The van der Waals surface area contributed by atoms with Crippen molar-refractivity contribution in [3.63, 3.8) is 0 Å². The highest BCUT2D eigenvalue weighted by molar-refractivity contribution is 6.74. The highest BCUT2D eigenvalue weighted by Gasteiger charge is 2.35. The van der Waals surface area contributed by atoms with Crippen LogP contribution in [0.1, 0.15) is 66.9 Å². The van der Waals surface area contributed by atoms with Crippen LogP contribution in [0.2, 0.25) is 36.3 Å². The van der Waals surface area contributed by atoms with Gasteiger partial charge in [0, 0.05) is 12.2 Å². The van der Waals surface area contributed by atoms with Gasteiger partial charge in [0.25, 0.3) is 0 Å². The third-order valence-corrected chi connectivity index (χ3v) is 16.4. The minimum atomic E-state index is -1.61. The Morgan fingerprint density at radius 1 is 0.714 bits per heavy atom. The van der Waals surface area contributed by atoms with Crippen LogP contribution in [0, 0.1) is 0 Å². The quantitative estimate of drug-likeness (QED) is 0.268. The monoisotopic (exact) mass is 422 g/mol. The topological polar surface area (TPSA) is 18.5 Å². The van der Waals surface area contributed by atoms with Gasteiger partial charge in [-0.05, 0) is 68.0 Å². The second-order valence-electron chi connectivity index (χ2n) is 8.42. The van der Waals surface area contributed by atoms with Gasteiger partial charge in [0.15, 0.2) is 16.6 Å². The Labute approximate surface area is 177 Å². The first-order valence-electron chi connectivity index (χ1n) is 11.8. The van der Waals surface area contributed by atoms with Crippen molar-refractivity contribution in [2.75, 3.05) is 0 Å². The van der Waals surface area contributed by atoms with Crippen molar-refractivity contribution in [2.45, 2.75) is 116 Å². The van der Waals surface area contributed by atoms with Gasteiger partial charge in [0.05, 0.1) is 0 Å². The largest absolute Gasteiger partial charge is 0.414 e. The number of hydrogen-bond donors (Lipinski definition) is 0. The molecular weight excluding hydrogens is 376 g/mol. The van der Waals surface area contributed by atoms with Crippen molar-refractivity contribution in [1.29, 1.82) is 0 Å². The number of rotatable bonds is 15. The Kier molecular flexibility index (Phi) is 11.9. The van der Waals surface area contributed by atoms with Crippen molar-refractivity contribution < 1.29 is 8.85 Å². The van der Waals surface area contributed by atoms with Gasteiger partial charge < -0.3 is 8.85 Å². The fourth-order valence-corrected chi connectivity index (χ4v) is 10.3. The summed E-state index contributed by atoms with van der Waals surface area (Å²) in [5.41, 5.74) is 1.42. The van der Waals surface area contributed by atoms with E-state index in [1.54, 1.807) is 0 Å². The van der Waals surface area contributed by atoms with E-state index in [2.05, 4.69) is 78.8 Å². The summed E-state index contributed by atoms with van der Waals surface area (Å²) in [6.07, 6.45) is 3.85. The van der Waals surface area contributed by atoms with Crippen molar-refractivity contribution in [1.82, 2.24) is 0 Å². The van der Waals surface area contributed by atoms with E-state index in [4.69, 9.17) is 8.85 Å². The van der Waals surface area contributed by atoms with E-state index >= 15 is 0 Å². The summed E-state index contributed by atoms with van der Waals surface area (Å²) in [5, 5.41) is 0. The summed E-state index contributed by atoms with van der Waals surface area (Å²) in [5.74, 6) is 0. The Morgan fingerprint density at radius 3 is 1.64 bits per heavy atom. The third kappa shape index (κ3) is 7.77. The maximum atomic E-state index is 6.97. The highest BCUT2D eigenvalue weighted by atomic mass is 28.4. The summed E-state index contributed by atoms with van der Waals surface area (Å²) < 4.78 is 13.7. The molecule has 0 radical (unpaired) electrons. The maximum Gasteiger partial charge on any atom is 0.192 e. The van der Waals surface area contributed by atoms with Crippen LogP contribution < -0.4 is 0 Å². The smallest absolute Gasteiger partial charge is 0.192 e. The molecule has 2 nitrogen and oxygen atoms in total. The zero-order chi connectivity index (χ0) is 21.0. The van der Waals surface area contributed by atoms with Crippen LogP contribution in [-0.4, -0.2) is 28.8 Å². The summed E-state index contributed by atoms with van der Waals surface area (Å²) >= 11 is 0. The normalized spacial score (nSPS) is 14.8. The maximum absolute atomic E-state index is 6.97. The Morgan fingerprint density at radius 2 is 1.18 bits per heavy atom. The lowest BCUT2D eigenvalue weighted by Gasteiger charge is -2.37. The molecule has 0 amide bonds. The van der Waals surface area contributed by atoms with Crippen molar-refractivity contribution >= 4 is 16.6 Å². The number of hydrogen-bond acceptors (Lipinski definition) is 2. The first-order chi connectivity index (χ1) is 13.4. The van der Waals surface area contributed by atoms with Gasteiger partial charge in [-0.3, -0.25) is 0 Å². The van der Waals surface area contributed by atoms with Gasteiger partial charge in [0.2, 0.25) is 0 Å². The molecule has 1 aromatic rings. The summed E-state index contributed by atoms with van der Waals surface area (Å²) in [4.78, 5) is 0. The van der Waals surface area contributed by atoms with Crippen LogP contribution >= 0.6 is 0 Å². The van der Waals surface area contributed by atoms with Crippen LogP contribution in [-0.2, 0) is 15.3 Å². The molecule has 0 aliphatic heterocycles. The average molecular weight is 423 g/mol. The lowest BCUT2D eigenvalue weighted by Crippen LogP contribution is -2.43. The number of benzene rings is 1. The van der Waals surface area contributed by atoms with Crippen LogP contribution in [0.25, 0.3) is 0 Å². The molecule has 0 aromatic heterocycles. The van der Waals surface area contributed by atoms with Gasteiger partial charge >= 0.3 is 0 Å². The molecule has 0 spiro atoms. The van der Waals surface area contributed by atoms with E-state index in [-0.39, 0.29) is 0 Å². The van der Waals surface area contributed by atoms with Gasteiger partial charge in [-0.1, -0.05) is 71.9 Å². The predicted molar refractivity (Wildman–Crippen MR) is 129 cm³/mol. The van der Waals surface area contributed by atoms with Crippen LogP contribution in [0.5, 0.6) is 0 Å². The molecule has 0 N–H and O–H groups in total. The summed E-state index contributed by atoms with van der Waals surface area (Å²) in [6.45, 7) is 16.2. The van der Waals surface area contributed by atoms with Crippen LogP contribution in [0.3, 0.4) is 0 Å². The van der Waals surface area contributed by atoms with E-state index in [0.29, 0.717) is 12.2 Å². The molecule has 28 heavy (non-hydrogen) atoms. The molecule has 4 heteroatoms. The molecule has 0 heterocycles. The molecule has 162 valence electrons. The molecule has 1 aromatic carbocycles. The molecule has 0 bridgehead atoms. The van der Waals surface area contributed by atoms with Gasteiger partial charge in [0.1, 0.15) is 0 Å². The van der Waals surface area contributed by atoms with E-state index in [9.17, 15) is 0 Å². The molecule has 0 aliphatic rings. The first kappa shape index (κ1) is 25.6. The standard InChI is InChI=1S/C24H46O2Si2/c1-8-27(9-2,10-3)25-22(7)21-24(26-28(11-4,12-5)13-6)20-19-23-17-15-14-16-18-23/h14-18,22,24H,8-13,19-21H2,1-7H3/t22?,24-/m1/s1. The fraction of sp³-hybridized carbons (Fsp3) is 0.750. The lowest BCUT2D eigenvalue weighted by molar-refractivity contribution is 0.100. The fourth-order valence-electron chi connectivity index (χ4n) is 4.40. The molecule has 0 saturated heterocycles. The van der Waals surface area contributed by atoms with E-state index in [0.717, 1.165) is 19.3 Å². The lowest BCUT2D eigenvalue weighted by atomic mass is 10.0. The van der Waals surface area contributed by atoms with E-state index in [1.807, 2.05) is 0 Å². The summed E-state index contributed by atoms with van der Waals surface area (Å²) in [6, 6.07) is 18.2. The number of aryl methyl sites for hydroxylation is 1. The zero-order valence-corrected chi connectivity index (χ0v) is 21.7. The molecule has 0 saturated carbocycles. The minimum absolute atomic E-state index is 0.296. The van der Waals surface area contributed by atoms with E-state index in [1.165, 1.54) is 41.8 Å². The van der Waals surface area contributed by atoms with Crippen molar-refractivity contribution in [2.24, 2.45) is 0 Å². The highest BCUT2D eigenvalue weighted by Crippen LogP contribution is 2.29. The van der Waals surface area contributed by atoms with Crippen molar-refractivity contribution in [3.05, 3.63) is 35.9 Å². The van der Waals surface area contributed by atoms with Crippen molar-refractivity contribution in [3.8, 4) is 0 Å². The molecule has 0 aliphatic carbocycles. The Balaban J connectivity index is 2.86. The van der Waals surface area contributed by atoms with Gasteiger partial charge in [-0.25, -0.2) is 0 Å². The van der Waals surface area contributed by atoms with Gasteiger partial charge in [-0.15, -0.1) is 0 Å².